The molecule has 0 saturated heterocycles. The minimum absolute atomic E-state index is 0. The van der Waals surface area contributed by atoms with Crippen LogP contribution in [0.5, 0.6) is 0 Å². The molecule has 8 nitrogen and oxygen atoms in total. The van der Waals surface area contributed by atoms with Gasteiger partial charge < -0.3 is 30.4 Å². The van der Waals surface area contributed by atoms with Crippen molar-refractivity contribution in [1.29, 1.82) is 0 Å². The van der Waals surface area contributed by atoms with Crippen molar-refractivity contribution < 1.29 is 29.7 Å². The maximum atomic E-state index is 11.2. The molecule has 2 N–H and O–H groups in total. The molecule has 0 aromatic rings. The molecule has 0 aromatic heterocycles. The number of carboxylic acids is 2. The molecule has 0 saturated carbocycles. The van der Waals surface area contributed by atoms with Gasteiger partial charge in [-0.25, -0.2) is 0 Å². The van der Waals surface area contributed by atoms with Gasteiger partial charge in [-0.1, -0.05) is 57.8 Å². The van der Waals surface area contributed by atoms with Gasteiger partial charge in [0.2, 0.25) is 5.91 Å². The summed E-state index contributed by atoms with van der Waals surface area (Å²) in [7, 11) is 0. The Bertz CT molecular complexity index is 592. The monoisotopic (exact) mass is 492 g/mol. The Balaban J connectivity index is -0.000000529. The molecule has 0 atom stereocenters. The van der Waals surface area contributed by atoms with E-state index >= 15 is 0 Å². The van der Waals surface area contributed by atoms with Gasteiger partial charge in [-0.2, -0.15) is 0 Å². The molecule has 33 heavy (non-hydrogen) atoms. The van der Waals surface area contributed by atoms with Crippen LogP contribution in [-0.2, 0) is 14.4 Å². The number of allylic oxidation sites excluding steroid dienone is 2. The van der Waals surface area contributed by atoms with Crippen molar-refractivity contribution in [2.75, 3.05) is 13.1 Å². The zero-order valence-corrected chi connectivity index (χ0v) is 22.6. The summed E-state index contributed by atoms with van der Waals surface area (Å²) in [4.78, 5) is 35.1. The van der Waals surface area contributed by atoms with E-state index in [4.69, 9.17) is 5.11 Å². The van der Waals surface area contributed by atoms with Crippen LogP contribution < -0.4 is 15.5 Å². The van der Waals surface area contributed by atoms with Gasteiger partial charge in [-0.05, 0) is 56.9 Å². The maximum Gasteiger partial charge on any atom is 2.00 e. The number of aliphatic carboxylic acids is 2. The Morgan fingerprint density at radius 2 is 1.42 bits per heavy atom. The number of carboxylic acid groups (broad SMARTS) is 2. The zero-order chi connectivity index (χ0) is 24.5. The van der Waals surface area contributed by atoms with E-state index < -0.39 is 11.9 Å². The first-order valence-corrected chi connectivity index (χ1v) is 11.6. The number of nitrogens with one attached hydrogen (secondary N) is 1. The maximum absolute atomic E-state index is 11.2. The molecule has 0 aliphatic carbocycles. The number of nitrogens with zero attached hydrogens (tertiary/aromatic N) is 1. The average Bonchev–Trinajstić information content (AvgIpc) is 2.74. The second-order valence-electron chi connectivity index (χ2n) is 7.28. The van der Waals surface area contributed by atoms with Crippen molar-refractivity contribution >= 4 is 61.5 Å². The molecule has 0 rings (SSSR count). The first-order valence-electron chi connectivity index (χ1n) is 11.6. The zero-order valence-electron chi connectivity index (χ0n) is 20.4. The van der Waals surface area contributed by atoms with Crippen molar-refractivity contribution in [1.82, 2.24) is 5.32 Å². The van der Waals surface area contributed by atoms with Crippen LogP contribution in [0.2, 0.25) is 0 Å². The summed E-state index contributed by atoms with van der Waals surface area (Å²) in [6.07, 6.45) is 16.3. The van der Waals surface area contributed by atoms with Gasteiger partial charge in [0.25, 0.3) is 0 Å². The van der Waals surface area contributed by atoms with Crippen LogP contribution in [0.3, 0.4) is 0 Å². The molecule has 0 heterocycles. The van der Waals surface area contributed by atoms with Gasteiger partial charge in [-0.3, -0.25) is 9.59 Å². The first-order chi connectivity index (χ1) is 15.3. The SMILES string of the molecule is CCCCC/C=C/C(=O)NCCCC(=O)O.CCCCC/C=C/C([O-])=NCCCC(=O)[O-].[Ca+2]. The summed E-state index contributed by atoms with van der Waals surface area (Å²) in [5, 5.41) is 32.2. The van der Waals surface area contributed by atoms with Crippen LogP contribution in [0.25, 0.3) is 0 Å². The molecule has 0 unspecified atom stereocenters. The van der Waals surface area contributed by atoms with Crippen LogP contribution in [0.4, 0.5) is 0 Å². The fourth-order valence-electron chi connectivity index (χ4n) is 2.37. The van der Waals surface area contributed by atoms with E-state index in [0.29, 0.717) is 19.4 Å². The average molecular weight is 493 g/mol. The topological polar surface area (TPSA) is 142 Å². The number of hydrogen-bond donors (Lipinski definition) is 2. The van der Waals surface area contributed by atoms with E-state index in [1.165, 1.54) is 31.4 Å². The van der Waals surface area contributed by atoms with Crippen molar-refractivity contribution in [3.05, 3.63) is 24.3 Å². The van der Waals surface area contributed by atoms with Gasteiger partial charge in [0.1, 0.15) is 0 Å². The smallest absolute Gasteiger partial charge is 0.859 e. The molecule has 0 aliphatic rings. The fourth-order valence-corrected chi connectivity index (χ4v) is 2.37. The third kappa shape index (κ3) is 35.4. The van der Waals surface area contributed by atoms with E-state index in [0.717, 1.165) is 32.1 Å². The van der Waals surface area contributed by atoms with Crippen molar-refractivity contribution in [3.8, 4) is 0 Å². The van der Waals surface area contributed by atoms with Crippen LogP contribution in [-0.4, -0.2) is 79.7 Å². The summed E-state index contributed by atoms with van der Waals surface area (Å²) < 4.78 is 0. The van der Waals surface area contributed by atoms with Crippen LogP contribution in [0.15, 0.2) is 29.3 Å². The number of carbonyl (C=O) groups is 3. The fraction of sp³-hybridized carbons (Fsp3) is 0.667. The number of unbranched alkanes of at least 4 members (excludes halogenated alkanes) is 6. The molecule has 0 radical (unpaired) electrons. The second-order valence-corrected chi connectivity index (χ2v) is 7.28. The molecule has 184 valence electrons. The van der Waals surface area contributed by atoms with E-state index in [9.17, 15) is 24.6 Å². The molecule has 0 bridgehead atoms. The molecule has 0 aromatic carbocycles. The third-order valence-corrected chi connectivity index (χ3v) is 4.15. The number of carbonyl (C=O) groups excluding carboxylic acids is 2. The predicted octanol–water partition coefficient (Wildman–Crippen LogP) is 2.13. The van der Waals surface area contributed by atoms with Gasteiger partial charge in [0, 0.05) is 25.5 Å². The minimum atomic E-state index is -1.10. The second kappa shape index (κ2) is 28.7. The van der Waals surface area contributed by atoms with Crippen LogP contribution in [0, 0.1) is 0 Å². The Morgan fingerprint density at radius 3 is 1.94 bits per heavy atom. The van der Waals surface area contributed by atoms with Crippen molar-refractivity contribution in [2.45, 2.75) is 90.9 Å². The summed E-state index contributed by atoms with van der Waals surface area (Å²) >= 11 is 0. The van der Waals surface area contributed by atoms with E-state index in [-0.39, 0.29) is 68.9 Å². The Kier molecular flexibility index (Phi) is 31.4. The van der Waals surface area contributed by atoms with Crippen LogP contribution in [0.1, 0.15) is 90.9 Å². The Morgan fingerprint density at radius 1 is 0.848 bits per heavy atom. The van der Waals surface area contributed by atoms with Crippen LogP contribution >= 0.6 is 0 Å². The molecular weight excluding hydrogens is 452 g/mol. The molecule has 0 spiro atoms. The number of amides is 1. The summed E-state index contributed by atoms with van der Waals surface area (Å²) in [5.41, 5.74) is 0. The van der Waals surface area contributed by atoms with Gasteiger partial charge >= 0.3 is 43.7 Å². The van der Waals surface area contributed by atoms with Crippen molar-refractivity contribution in [3.63, 3.8) is 0 Å². The molecule has 0 aliphatic heterocycles. The number of rotatable bonds is 18. The van der Waals surface area contributed by atoms with Gasteiger partial charge in [-0.15, -0.1) is 0 Å². The predicted molar refractivity (Wildman–Crippen MR) is 129 cm³/mol. The summed E-state index contributed by atoms with van der Waals surface area (Å²) in [6, 6.07) is 0. The quantitative estimate of drug-likeness (QED) is 0.0987. The van der Waals surface area contributed by atoms with Crippen molar-refractivity contribution in [2.24, 2.45) is 4.99 Å². The molecule has 9 heteroatoms. The Labute approximate surface area is 228 Å². The summed E-state index contributed by atoms with van der Waals surface area (Å²) in [6.45, 7) is 4.94. The largest absolute Gasteiger partial charge is 2.00 e. The van der Waals surface area contributed by atoms with Gasteiger partial charge in [0.05, 0.1) is 0 Å². The number of aliphatic imine (C=N–C) groups is 1. The summed E-state index contributed by atoms with van der Waals surface area (Å²) in [5.74, 6) is -2.35. The molecule has 1 amide bonds. The number of hydrogen-bond acceptors (Lipinski definition) is 6. The third-order valence-electron chi connectivity index (χ3n) is 4.15. The van der Waals surface area contributed by atoms with E-state index in [2.05, 4.69) is 24.2 Å². The van der Waals surface area contributed by atoms with E-state index in [1.54, 1.807) is 0 Å². The molecule has 0 fully saturated rings. The molecular formula is C24H40CaN2O6. The first kappa shape index (κ1) is 36.2. The van der Waals surface area contributed by atoms with Gasteiger partial charge in [0.15, 0.2) is 0 Å². The minimum Gasteiger partial charge on any atom is -0.859 e. The normalized spacial score (nSPS) is 11.0. The van der Waals surface area contributed by atoms with E-state index in [1.807, 2.05) is 12.2 Å². The Hall–Kier alpha value is -1.38. The standard InChI is InChI=1S/2C12H21NO3.Ca/c2*1-2-3-4-5-6-8-11(14)13-10-7-9-12(15)16;/h2*6,8H,2-5,7,9-10H2,1H3,(H,13,14)(H,15,16);/q;;+2/p-2/b2*8-6+;.